The third-order valence-corrected chi connectivity index (χ3v) is 8.83. The van der Waals surface area contributed by atoms with Crippen LogP contribution in [0.15, 0.2) is 86.2 Å². The van der Waals surface area contributed by atoms with Crippen LogP contribution in [-0.4, -0.2) is 58.6 Å². The third kappa shape index (κ3) is 8.39. The Labute approximate surface area is 300 Å². The molecule has 0 unspecified atom stereocenters. The first-order chi connectivity index (χ1) is 24.3. The molecule has 1 fully saturated rings. The highest BCUT2D eigenvalue weighted by molar-refractivity contribution is 5.81. The molecule has 266 valence electrons. The summed E-state index contributed by atoms with van der Waals surface area (Å²) in [4.78, 5) is 20.6. The van der Waals surface area contributed by atoms with Crippen molar-refractivity contribution in [2.75, 3.05) is 31.7 Å². The number of anilines is 1. The summed E-state index contributed by atoms with van der Waals surface area (Å²) in [6.07, 6.45) is 4.47. The molecule has 0 bridgehead atoms. The van der Waals surface area contributed by atoms with E-state index in [2.05, 4.69) is 37.6 Å². The molecule has 4 aromatic rings. The number of hydrogen-bond donors (Lipinski definition) is 0. The van der Waals surface area contributed by atoms with Gasteiger partial charge in [0.1, 0.15) is 17.3 Å². The highest BCUT2D eigenvalue weighted by Gasteiger charge is 2.38. The van der Waals surface area contributed by atoms with Gasteiger partial charge in [0, 0.05) is 42.4 Å². The van der Waals surface area contributed by atoms with Crippen molar-refractivity contribution in [2.45, 2.75) is 71.2 Å². The van der Waals surface area contributed by atoms with Gasteiger partial charge < -0.3 is 23.8 Å². The van der Waals surface area contributed by atoms with Gasteiger partial charge in [-0.2, -0.15) is 14.9 Å². The number of aryl methyl sites for hydroxylation is 1. The first-order valence-electron chi connectivity index (χ1n) is 17.1. The number of carbonyl (C=O) groups excluding carboxylic acids is 1. The zero-order valence-corrected chi connectivity index (χ0v) is 30.5. The average molecular weight is 690 g/mol. The summed E-state index contributed by atoms with van der Waals surface area (Å²) in [5.41, 5.74) is 4.52. The van der Waals surface area contributed by atoms with Crippen molar-refractivity contribution in [2.24, 2.45) is 0 Å². The predicted molar refractivity (Wildman–Crippen MR) is 199 cm³/mol. The normalized spacial score (nSPS) is 14.8. The second-order valence-electron chi connectivity index (χ2n) is 13.9. The molecule has 0 radical (unpaired) electrons. The number of piperidine rings is 1. The van der Waals surface area contributed by atoms with Gasteiger partial charge in [0.05, 0.1) is 47.8 Å². The minimum atomic E-state index is -1.04. The van der Waals surface area contributed by atoms with Crippen molar-refractivity contribution in [3.63, 3.8) is 0 Å². The number of carbonyl (C=O) groups is 1. The molecule has 0 saturated carbocycles. The molecule has 1 atom stereocenters. The zero-order valence-electron chi connectivity index (χ0n) is 30.5. The van der Waals surface area contributed by atoms with Crippen molar-refractivity contribution in [3.05, 3.63) is 103 Å². The van der Waals surface area contributed by atoms with Crippen LogP contribution in [0.25, 0.3) is 28.0 Å². The van der Waals surface area contributed by atoms with Crippen LogP contribution in [0.5, 0.6) is 5.75 Å². The van der Waals surface area contributed by atoms with E-state index >= 15 is 0 Å². The van der Waals surface area contributed by atoms with Gasteiger partial charge in [-0.1, -0.05) is 36.9 Å². The van der Waals surface area contributed by atoms with Gasteiger partial charge in [0.15, 0.2) is 11.8 Å². The Morgan fingerprint density at radius 2 is 1.82 bits per heavy atom. The predicted octanol–water partition coefficient (Wildman–Crippen LogP) is 8.30. The third-order valence-electron chi connectivity index (χ3n) is 8.83. The van der Waals surface area contributed by atoms with Crippen LogP contribution in [0.3, 0.4) is 0 Å². The largest absolute Gasteiger partial charge is 0.467 e. The Balaban J connectivity index is 1.65. The van der Waals surface area contributed by atoms with Crippen LogP contribution in [0.1, 0.15) is 69.9 Å². The summed E-state index contributed by atoms with van der Waals surface area (Å²) in [5, 5.41) is 14.8. The Morgan fingerprint density at radius 1 is 1.10 bits per heavy atom. The number of aromatic nitrogens is 3. The van der Waals surface area contributed by atoms with E-state index < -0.39 is 17.7 Å². The quantitative estimate of drug-likeness (QED) is 0.0778. The molecule has 1 aliphatic rings. The fraction of sp³-hybridized carbons (Fsp3) is 0.366. The summed E-state index contributed by atoms with van der Waals surface area (Å²) in [7, 11) is 1.36. The zero-order chi connectivity index (χ0) is 36.9. The van der Waals surface area contributed by atoms with E-state index in [9.17, 15) is 10.1 Å². The molecule has 0 N–H and O–H groups in total. The number of benzene rings is 2. The molecule has 0 amide bonds. The summed E-state index contributed by atoms with van der Waals surface area (Å²) < 4.78 is 25.7. The Morgan fingerprint density at radius 3 is 2.47 bits per heavy atom. The van der Waals surface area contributed by atoms with E-state index in [0.717, 1.165) is 35.3 Å². The number of fused-ring (bicyclic) bond motifs is 1. The smallest absolute Gasteiger partial charge is 0.339 e. The topological polar surface area (TPSA) is 111 Å². The monoisotopic (exact) mass is 689 g/mol. The van der Waals surface area contributed by atoms with Gasteiger partial charge in [0.25, 0.3) is 0 Å². The van der Waals surface area contributed by atoms with Crippen LogP contribution in [-0.2, 0) is 19.0 Å². The molecule has 0 spiro atoms. The van der Waals surface area contributed by atoms with Crippen molar-refractivity contribution in [1.82, 2.24) is 14.6 Å². The van der Waals surface area contributed by atoms with Crippen LogP contribution < -0.4 is 9.64 Å². The maximum atomic E-state index is 13.4. The number of methoxy groups -OCH3 is 1. The van der Waals surface area contributed by atoms with Gasteiger partial charge in [-0.15, -0.1) is 13.2 Å². The maximum absolute atomic E-state index is 13.4. The van der Waals surface area contributed by atoms with Crippen LogP contribution in [0.2, 0.25) is 0 Å². The van der Waals surface area contributed by atoms with Crippen LogP contribution >= 0.6 is 0 Å². The van der Waals surface area contributed by atoms with E-state index in [1.54, 1.807) is 30.4 Å². The number of allylic oxidation sites excluding steroid dienone is 1. The van der Waals surface area contributed by atoms with Crippen molar-refractivity contribution >= 4 is 17.4 Å². The van der Waals surface area contributed by atoms with Gasteiger partial charge in [-0.05, 0) is 77.3 Å². The van der Waals surface area contributed by atoms with Gasteiger partial charge in [0.2, 0.25) is 0 Å². The highest BCUT2D eigenvalue weighted by Crippen LogP contribution is 2.40. The fourth-order valence-electron chi connectivity index (χ4n) is 6.27. The molecule has 10 nitrogen and oxygen atoms in total. The lowest BCUT2D eigenvalue weighted by Gasteiger charge is -2.41. The van der Waals surface area contributed by atoms with Gasteiger partial charge >= 0.3 is 5.97 Å². The standard InChI is InChI=1S/C41H47N5O5/c1-10-13-27(3)50-34-17-16-29(26-42)23-32(34)30-14-12-15-31(24-30)33-25-35-43-28(4)36(37(39(47)48-9)51-40(5,6)7)38(46(35)44-33)45-20-18-41(8,19-21-45)49-22-11-2/h10-12,14-17,23-25,37H,1-3,13,18-22H2,4-9H3/t37-/m0/s1. The molecule has 51 heavy (non-hydrogen) atoms. The van der Waals surface area contributed by atoms with Gasteiger partial charge in [-0.3, -0.25) is 0 Å². The lowest BCUT2D eigenvalue weighted by Crippen LogP contribution is -2.45. The van der Waals surface area contributed by atoms with Crippen LogP contribution in [0.4, 0.5) is 5.82 Å². The molecular weight excluding hydrogens is 642 g/mol. The molecule has 2 aromatic carbocycles. The average Bonchev–Trinajstić information content (AvgIpc) is 3.53. The Bertz CT molecular complexity index is 1990. The Kier molecular flexibility index (Phi) is 11.1. The fourth-order valence-corrected chi connectivity index (χ4v) is 6.27. The number of hydrogen-bond acceptors (Lipinski definition) is 9. The summed E-state index contributed by atoms with van der Waals surface area (Å²) in [5.74, 6) is 1.34. The Hall–Kier alpha value is -5.24. The van der Waals surface area contributed by atoms with E-state index in [0.29, 0.717) is 65.8 Å². The molecule has 10 heteroatoms. The SMILES string of the molecule is C=CCOC1(C)CCN(c2c([C@H](OC(C)(C)C)C(=O)OC)c(C)nc3cc(-c4cccc(-c5cc(C#N)ccc5OC(=C)CC=C)c4)nn23)CC1. The van der Waals surface area contributed by atoms with E-state index in [1.165, 1.54) is 7.11 Å². The minimum Gasteiger partial charge on any atom is -0.467 e. The minimum absolute atomic E-state index is 0.311. The van der Waals surface area contributed by atoms with Gasteiger partial charge in [-0.25, -0.2) is 9.78 Å². The lowest BCUT2D eigenvalue weighted by atomic mass is 9.92. The maximum Gasteiger partial charge on any atom is 0.339 e. The highest BCUT2D eigenvalue weighted by atomic mass is 16.6. The lowest BCUT2D eigenvalue weighted by molar-refractivity contribution is -0.164. The molecule has 0 aliphatic carbocycles. The van der Waals surface area contributed by atoms with E-state index in [4.69, 9.17) is 29.0 Å². The number of esters is 1. The molecule has 1 aliphatic heterocycles. The molecular formula is C41H47N5O5. The van der Waals surface area contributed by atoms with Crippen molar-refractivity contribution in [1.29, 1.82) is 5.26 Å². The number of nitrogens with zero attached hydrogens (tertiary/aromatic N) is 5. The number of rotatable bonds is 13. The second-order valence-corrected chi connectivity index (χ2v) is 13.9. The number of ether oxygens (including phenoxy) is 4. The summed E-state index contributed by atoms with van der Waals surface area (Å²) in [6, 6.07) is 17.4. The molecule has 3 heterocycles. The van der Waals surface area contributed by atoms with Crippen LogP contribution in [0, 0.1) is 18.3 Å². The first kappa shape index (κ1) is 37.0. The molecule has 5 rings (SSSR count). The molecule has 1 saturated heterocycles. The second kappa shape index (κ2) is 15.3. The summed E-state index contributed by atoms with van der Waals surface area (Å²) >= 11 is 0. The van der Waals surface area contributed by atoms with E-state index in [1.807, 2.05) is 62.5 Å². The number of nitriles is 1. The molecule has 2 aromatic heterocycles. The first-order valence-corrected chi connectivity index (χ1v) is 17.1. The summed E-state index contributed by atoms with van der Waals surface area (Å²) in [6.45, 7) is 23.1. The van der Waals surface area contributed by atoms with Crippen molar-refractivity contribution < 1.29 is 23.7 Å². The van der Waals surface area contributed by atoms with Crippen molar-refractivity contribution in [3.8, 4) is 34.2 Å². The van der Waals surface area contributed by atoms with E-state index in [-0.39, 0.29) is 5.60 Å².